The van der Waals surface area contributed by atoms with Crippen LogP contribution in [-0.2, 0) is 21.1 Å². The number of rotatable bonds is 5. The van der Waals surface area contributed by atoms with Crippen LogP contribution in [0.15, 0.2) is 12.1 Å². The van der Waals surface area contributed by atoms with Gasteiger partial charge < -0.3 is 4.90 Å². The highest BCUT2D eigenvalue weighted by molar-refractivity contribution is 7.91. The van der Waals surface area contributed by atoms with Crippen LogP contribution in [0.2, 0.25) is 0 Å². The van der Waals surface area contributed by atoms with Gasteiger partial charge in [0.25, 0.3) is 0 Å². The molecule has 0 bridgehead atoms. The Labute approximate surface area is 145 Å². The highest BCUT2D eigenvalue weighted by Crippen LogP contribution is 2.22. The fraction of sp³-hybridized carbons (Fsp3) is 0.588. The number of hydrogen-bond donors (Lipinski definition) is 0. The Balaban J connectivity index is 1.93. The molecule has 1 amide bonds. The van der Waals surface area contributed by atoms with Gasteiger partial charge in [-0.3, -0.25) is 4.79 Å². The van der Waals surface area contributed by atoms with Gasteiger partial charge in [0.05, 0.1) is 17.4 Å². The Hall–Kier alpha value is -1.57. The first-order valence-corrected chi connectivity index (χ1v) is 9.95. The van der Waals surface area contributed by atoms with Crippen molar-refractivity contribution in [3.63, 3.8) is 0 Å². The van der Waals surface area contributed by atoms with E-state index in [-0.39, 0.29) is 29.6 Å². The van der Waals surface area contributed by atoms with E-state index in [1.165, 1.54) is 4.90 Å². The molecule has 1 aliphatic rings. The van der Waals surface area contributed by atoms with E-state index in [1.807, 2.05) is 0 Å². The Morgan fingerprint density at radius 3 is 2.32 bits per heavy atom. The predicted molar refractivity (Wildman–Crippen MR) is 88.2 cm³/mol. The molecule has 0 atom stereocenters. The molecule has 1 aromatic rings. The molecule has 2 rings (SSSR count). The Bertz CT molecular complexity index is 742. The maximum absolute atomic E-state index is 13.7. The van der Waals surface area contributed by atoms with Gasteiger partial charge in [-0.1, -0.05) is 6.07 Å². The number of piperidine rings is 1. The number of nitrogens with zero attached hydrogens (tertiary/aromatic N) is 1. The lowest BCUT2D eigenvalue weighted by molar-refractivity contribution is -0.131. The number of benzene rings is 1. The molecule has 0 N–H and O–H groups in total. The maximum Gasteiger partial charge on any atom is 0.227 e. The lowest BCUT2D eigenvalue weighted by Crippen LogP contribution is -2.41. The van der Waals surface area contributed by atoms with Crippen LogP contribution in [0.1, 0.15) is 32.3 Å². The molecule has 1 aliphatic heterocycles. The lowest BCUT2D eigenvalue weighted by atomic mass is 9.98. The molecule has 0 radical (unpaired) electrons. The zero-order valence-corrected chi connectivity index (χ0v) is 15.1. The quantitative estimate of drug-likeness (QED) is 0.742. The zero-order chi connectivity index (χ0) is 18.8. The average molecular weight is 377 g/mol. The van der Waals surface area contributed by atoms with Crippen LogP contribution in [0, 0.1) is 23.4 Å². The van der Waals surface area contributed by atoms with Crippen molar-refractivity contribution < 1.29 is 26.4 Å². The third kappa shape index (κ3) is 4.74. The van der Waals surface area contributed by atoms with Crippen molar-refractivity contribution in [1.29, 1.82) is 0 Å². The first kappa shape index (κ1) is 19.8. The molecule has 0 unspecified atom stereocenters. The minimum Gasteiger partial charge on any atom is -0.342 e. The van der Waals surface area contributed by atoms with Crippen LogP contribution < -0.4 is 0 Å². The molecular weight excluding hydrogens is 355 g/mol. The standard InChI is InChI=1S/C17H22F3NO3S/c1-11(2)25(23,24)10-12-5-7-21(8-6-12)15(22)9-13-3-4-14(18)17(20)16(13)19/h3-4,11-12H,5-10H2,1-2H3. The molecule has 25 heavy (non-hydrogen) atoms. The van der Waals surface area contributed by atoms with Crippen molar-refractivity contribution in [2.75, 3.05) is 18.8 Å². The second kappa shape index (κ2) is 7.76. The van der Waals surface area contributed by atoms with E-state index in [4.69, 9.17) is 0 Å². The fourth-order valence-electron chi connectivity index (χ4n) is 2.85. The molecule has 1 aromatic carbocycles. The van der Waals surface area contributed by atoms with Gasteiger partial charge in [0.1, 0.15) is 0 Å². The third-order valence-corrected chi connectivity index (χ3v) is 6.98. The smallest absolute Gasteiger partial charge is 0.227 e. The molecule has 1 saturated heterocycles. The molecule has 0 saturated carbocycles. The van der Waals surface area contributed by atoms with Gasteiger partial charge in [-0.05, 0) is 38.7 Å². The van der Waals surface area contributed by atoms with E-state index in [0.29, 0.717) is 25.9 Å². The topological polar surface area (TPSA) is 54.5 Å². The molecule has 8 heteroatoms. The van der Waals surface area contributed by atoms with E-state index >= 15 is 0 Å². The summed E-state index contributed by atoms with van der Waals surface area (Å²) in [5, 5.41) is -0.427. The normalized spacial score (nSPS) is 16.5. The summed E-state index contributed by atoms with van der Waals surface area (Å²) in [6, 6.07) is 1.86. The Morgan fingerprint density at radius 1 is 1.16 bits per heavy atom. The SMILES string of the molecule is CC(C)S(=O)(=O)CC1CCN(C(=O)Cc2ccc(F)c(F)c2F)CC1. The summed E-state index contributed by atoms with van der Waals surface area (Å²) in [6.45, 7) is 4.04. The summed E-state index contributed by atoms with van der Waals surface area (Å²) >= 11 is 0. The van der Waals surface area contributed by atoms with Crippen molar-refractivity contribution in [1.82, 2.24) is 4.90 Å². The molecule has 1 heterocycles. The fourth-order valence-corrected chi connectivity index (χ4v) is 4.22. The number of sulfone groups is 1. The van der Waals surface area contributed by atoms with Gasteiger partial charge >= 0.3 is 0 Å². The molecule has 0 aliphatic carbocycles. The van der Waals surface area contributed by atoms with E-state index in [2.05, 4.69) is 0 Å². The van der Waals surface area contributed by atoms with E-state index < -0.39 is 32.5 Å². The summed E-state index contributed by atoms with van der Waals surface area (Å²) in [5.41, 5.74) is -0.187. The van der Waals surface area contributed by atoms with Crippen LogP contribution in [0.4, 0.5) is 13.2 Å². The molecular formula is C17H22F3NO3S. The van der Waals surface area contributed by atoms with E-state index in [0.717, 1.165) is 12.1 Å². The molecule has 0 aromatic heterocycles. The number of carbonyl (C=O) groups is 1. The summed E-state index contributed by atoms with van der Waals surface area (Å²) in [7, 11) is -3.13. The van der Waals surface area contributed by atoms with Crippen molar-refractivity contribution in [2.45, 2.75) is 38.4 Å². The van der Waals surface area contributed by atoms with Crippen molar-refractivity contribution in [3.8, 4) is 0 Å². The van der Waals surface area contributed by atoms with Gasteiger partial charge in [-0.25, -0.2) is 21.6 Å². The first-order valence-electron chi connectivity index (χ1n) is 8.23. The highest BCUT2D eigenvalue weighted by Gasteiger charge is 2.28. The largest absolute Gasteiger partial charge is 0.342 e. The average Bonchev–Trinajstić information content (AvgIpc) is 2.55. The van der Waals surface area contributed by atoms with E-state index in [1.54, 1.807) is 13.8 Å². The third-order valence-electron chi connectivity index (χ3n) is 4.61. The van der Waals surface area contributed by atoms with Gasteiger partial charge in [-0.15, -0.1) is 0 Å². The number of carbonyl (C=O) groups excluding carboxylic acids is 1. The molecule has 4 nitrogen and oxygen atoms in total. The summed E-state index contributed by atoms with van der Waals surface area (Å²) in [4.78, 5) is 13.8. The number of halogens is 3. The maximum atomic E-state index is 13.7. The lowest BCUT2D eigenvalue weighted by Gasteiger charge is -2.32. The number of likely N-dealkylation sites (tertiary alicyclic amines) is 1. The van der Waals surface area contributed by atoms with Crippen molar-refractivity contribution >= 4 is 15.7 Å². The van der Waals surface area contributed by atoms with Crippen LogP contribution >= 0.6 is 0 Å². The number of amides is 1. The minimum absolute atomic E-state index is 0.00329. The molecule has 0 spiro atoms. The monoisotopic (exact) mass is 377 g/mol. The van der Waals surface area contributed by atoms with Crippen LogP contribution in [0.3, 0.4) is 0 Å². The van der Waals surface area contributed by atoms with Crippen molar-refractivity contribution in [2.24, 2.45) is 5.92 Å². The van der Waals surface area contributed by atoms with Gasteiger partial charge in [0.15, 0.2) is 27.3 Å². The Kier molecular flexibility index (Phi) is 6.13. The van der Waals surface area contributed by atoms with Crippen molar-refractivity contribution in [3.05, 3.63) is 35.1 Å². The summed E-state index contributed by atoms with van der Waals surface area (Å²) in [6.07, 6.45) is 0.758. The summed E-state index contributed by atoms with van der Waals surface area (Å²) < 4.78 is 63.7. The van der Waals surface area contributed by atoms with Gasteiger partial charge in [0, 0.05) is 18.7 Å². The van der Waals surface area contributed by atoms with Crippen LogP contribution in [-0.4, -0.2) is 43.3 Å². The number of hydrogen-bond acceptors (Lipinski definition) is 3. The minimum atomic E-state index is -3.13. The van der Waals surface area contributed by atoms with Gasteiger partial charge in [-0.2, -0.15) is 0 Å². The van der Waals surface area contributed by atoms with Gasteiger partial charge in [0.2, 0.25) is 5.91 Å². The first-order chi connectivity index (χ1) is 11.6. The van der Waals surface area contributed by atoms with E-state index in [9.17, 15) is 26.4 Å². The summed E-state index contributed by atoms with van der Waals surface area (Å²) in [5.74, 6) is -4.49. The van der Waals surface area contributed by atoms with Crippen LogP contribution in [0.5, 0.6) is 0 Å². The van der Waals surface area contributed by atoms with Crippen LogP contribution in [0.25, 0.3) is 0 Å². The predicted octanol–water partition coefficient (Wildman–Crippen LogP) is 2.71. The molecule has 140 valence electrons. The second-order valence-corrected chi connectivity index (χ2v) is 9.32. The highest BCUT2D eigenvalue weighted by atomic mass is 32.2. The second-order valence-electron chi connectivity index (χ2n) is 6.71. The zero-order valence-electron chi connectivity index (χ0n) is 14.3. The molecule has 1 fully saturated rings. The Morgan fingerprint density at radius 2 is 1.76 bits per heavy atom.